The van der Waals surface area contributed by atoms with Gasteiger partial charge in [-0.3, -0.25) is 4.98 Å². The maximum Gasteiger partial charge on any atom is 0.0445 e. The van der Waals surface area contributed by atoms with Crippen LogP contribution in [0.2, 0.25) is 0 Å². The molecule has 0 aliphatic heterocycles. The Balaban J connectivity index is 2.24. The van der Waals surface area contributed by atoms with E-state index in [0.717, 1.165) is 13.1 Å². The summed E-state index contributed by atoms with van der Waals surface area (Å²) in [6.45, 7) is 6.58. The van der Waals surface area contributed by atoms with Gasteiger partial charge in [0.25, 0.3) is 0 Å². The van der Waals surface area contributed by atoms with Gasteiger partial charge in [0, 0.05) is 37.7 Å². The molecule has 2 N–H and O–H groups in total. The molecule has 0 bridgehead atoms. The predicted molar refractivity (Wildman–Crippen MR) is 80.3 cm³/mol. The second kappa shape index (κ2) is 6.34. The van der Waals surface area contributed by atoms with E-state index in [2.05, 4.69) is 48.0 Å². The second-order valence-electron chi connectivity index (χ2n) is 4.92. The number of rotatable bonds is 5. The normalized spacial score (nSPS) is 10.5. The van der Waals surface area contributed by atoms with Crippen LogP contribution in [0.4, 0.5) is 5.69 Å². The minimum atomic E-state index is 0.646. The number of aromatic nitrogens is 1. The number of hydrogen-bond donors (Lipinski definition) is 1. The third kappa shape index (κ3) is 3.80. The van der Waals surface area contributed by atoms with E-state index in [9.17, 15) is 0 Å². The second-order valence-corrected chi connectivity index (χ2v) is 4.92. The van der Waals surface area contributed by atoms with E-state index in [0.29, 0.717) is 6.54 Å². The van der Waals surface area contributed by atoms with E-state index in [1.165, 1.54) is 22.4 Å². The average molecular weight is 255 g/mol. The maximum atomic E-state index is 5.74. The SMILES string of the molecule is Cc1cc(C)cc(N(CCN)Cc2cccnc2)c1. The van der Waals surface area contributed by atoms with Crippen molar-refractivity contribution in [2.45, 2.75) is 20.4 Å². The molecular formula is C16H21N3. The third-order valence-corrected chi connectivity index (χ3v) is 3.07. The molecule has 0 unspecified atom stereocenters. The van der Waals surface area contributed by atoms with Gasteiger partial charge in [0.1, 0.15) is 0 Å². The molecular weight excluding hydrogens is 234 g/mol. The van der Waals surface area contributed by atoms with Crippen LogP contribution in [0.5, 0.6) is 0 Å². The van der Waals surface area contributed by atoms with Crippen molar-refractivity contribution in [2.75, 3.05) is 18.0 Å². The highest BCUT2D eigenvalue weighted by Crippen LogP contribution is 2.20. The Kier molecular flexibility index (Phi) is 4.53. The van der Waals surface area contributed by atoms with E-state index >= 15 is 0 Å². The predicted octanol–water partition coefficient (Wildman–Crippen LogP) is 2.66. The monoisotopic (exact) mass is 255 g/mol. The number of nitrogens with two attached hydrogens (primary N) is 1. The summed E-state index contributed by atoms with van der Waals surface area (Å²) < 4.78 is 0. The van der Waals surface area contributed by atoms with Crippen LogP contribution in [-0.4, -0.2) is 18.1 Å². The van der Waals surface area contributed by atoms with Crippen LogP contribution in [0, 0.1) is 13.8 Å². The van der Waals surface area contributed by atoms with Gasteiger partial charge in [-0.2, -0.15) is 0 Å². The number of nitrogens with zero attached hydrogens (tertiary/aromatic N) is 2. The molecule has 0 fully saturated rings. The molecule has 3 heteroatoms. The van der Waals surface area contributed by atoms with Crippen LogP contribution in [0.15, 0.2) is 42.7 Å². The molecule has 0 aliphatic carbocycles. The Bertz CT molecular complexity index is 503. The van der Waals surface area contributed by atoms with Gasteiger partial charge in [-0.05, 0) is 48.7 Å². The molecule has 0 aliphatic rings. The zero-order chi connectivity index (χ0) is 13.7. The van der Waals surface area contributed by atoms with E-state index in [1.807, 2.05) is 12.3 Å². The largest absolute Gasteiger partial charge is 0.366 e. The molecule has 0 saturated heterocycles. The van der Waals surface area contributed by atoms with Crippen LogP contribution in [0.25, 0.3) is 0 Å². The van der Waals surface area contributed by atoms with Crippen molar-refractivity contribution < 1.29 is 0 Å². The lowest BCUT2D eigenvalue weighted by Crippen LogP contribution is -2.29. The van der Waals surface area contributed by atoms with Crippen molar-refractivity contribution in [3.05, 3.63) is 59.4 Å². The zero-order valence-electron chi connectivity index (χ0n) is 11.6. The molecule has 100 valence electrons. The Hall–Kier alpha value is -1.87. The van der Waals surface area contributed by atoms with E-state index in [1.54, 1.807) is 6.20 Å². The number of hydrogen-bond acceptors (Lipinski definition) is 3. The van der Waals surface area contributed by atoms with Crippen molar-refractivity contribution >= 4 is 5.69 Å². The van der Waals surface area contributed by atoms with E-state index in [-0.39, 0.29) is 0 Å². The molecule has 0 saturated carbocycles. The van der Waals surface area contributed by atoms with Crippen LogP contribution in [0.3, 0.4) is 0 Å². The molecule has 3 nitrogen and oxygen atoms in total. The summed E-state index contributed by atoms with van der Waals surface area (Å²) >= 11 is 0. The lowest BCUT2D eigenvalue weighted by atomic mass is 10.1. The smallest absolute Gasteiger partial charge is 0.0445 e. The number of anilines is 1. The molecule has 0 amide bonds. The van der Waals surface area contributed by atoms with Gasteiger partial charge in [0.15, 0.2) is 0 Å². The number of benzene rings is 1. The topological polar surface area (TPSA) is 42.1 Å². The van der Waals surface area contributed by atoms with E-state index in [4.69, 9.17) is 5.73 Å². The number of pyridine rings is 1. The average Bonchev–Trinajstić information content (AvgIpc) is 2.38. The minimum absolute atomic E-state index is 0.646. The first kappa shape index (κ1) is 13.6. The third-order valence-electron chi connectivity index (χ3n) is 3.07. The minimum Gasteiger partial charge on any atom is -0.366 e. The lowest BCUT2D eigenvalue weighted by Gasteiger charge is -2.25. The summed E-state index contributed by atoms with van der Waals surface area (Å²) in [6, 6.07) is 10.7. The van der Waals surface area contributed by atoms with E-state index < -0.39 is 0 Å². The summed E-state index contributed by atoms with van der Waals surface area (Å²) in [5.74, 6) is 0. The molecule has 2 aromatic rings. The van der Waals surface area contributed by atoms with Gasteiger partial charge in [-0.25, -0.2) is 0 Å². The molecule has 1 heterocycles. The lowest BCUT2D eigenvalue weighted by molar-refractivity contribution is 0.786. The fraction of sp³-hybridized carbons (Fsp3) is 0.312. The Morgan fingerprint density at radius 1 is 1.16 bits per heavy atom. The van der Waals surface area contributed by atoms with Gasteiger partial charge in [-0.1, -0.05) is 12.1 Å². The van der Waals surface area contributed by atoms with Crippen molar-refractivity contribution in [3.8, 4) is 0 Å². The van der Waals surface area contributed by atoms with Crippen molar-refractivity contribution in [1.29, 1.82) is 0 Å². The molecule has 1 aromatic carbocycles. The van der Waals surface area contributed by atoms with Crippen LogP contribution in [-0.2, 0) is 6.54 Å². The highest BCUT2D eigenvalue weighted by molar-refractivity contribution is 5.51. The molecule has 1 aromatic heterocycles. The van der Waals surface area contributed by atoms with Crippen LogP contribution in [0.1, 0.15) is 16.7 Å². The molecule has 2 rings (SSSR count). The quantitative estimate of drug-likeness (QED) is 0.893. The number of aryl methyl sites for hydroxylation is 2. The summed E-state index contributed by atoms with van der Waals surface area (Å²) in [7, 11) is 0. The Morgan fingerprint density at radius 3 is 2.47 bits per heavy atom. The van der Waals surface area contributed by atoms with Gasteiger partial charge < -0.3 is 10.6 Å². The fourth-order valence-electron chi connectivity index (χ4n) is 2.30. The van der Waals surface area contributed by atoms with Gasteiger partial charge in [0.05, 0.1) is 0 Å². The first-order valence-corrected chi connectivity index (χ1v) is 6.61. The summed E-state index contributed by atoms with van der Waals surface area (Å²) in [4.78, 5) is 6.47. The Labute approximate surface area is 115 Å². The summed E-state index contributed by atoms with van der Waals surface area (Å²) in [5, 5.41) is 0. The van der Waals surface area contributed by atoms with Crippen molar-refractivity contribution in [3.63, 3.8) is 0 Å². The van der Waals surface area contributed by atoms with Crippen LogP contribution >= 0.6 is 0 Å². The fourth-order valence-corrected chi connectivity index (χ4v) is 2.30. The standard InChI is InChI=1S/C16H21N3/c1-13-8-14(2)10-16(9-13)19(7-5-17)12-15-4-3-6-18-11-15/h3-4,6,8-11H,5,7,12,17H2,1-2H3. The molecule has 0 atom stereocenters. The zero-order valence-corrected chi connectivity index (χ0v) is 11.6. The highest BCUT2D eigenvalue weighted by atomic mass is 15.1. The van der Waals surface area contributed by atoms with Crippen molar-refractivity contribution in [2.24, 2.45) is 5.73 Å². The molecule has 0 spiro atoms. The highest BCUT2D eigenvalue weighted by Gasteiger charge is 2.07. The first-order valence-electron chi connectivity index (χ1n) is 6.61. The van der Waals surface area contributed by atoms with Crippen molar-refractivity contribution in [1.82, 2.24) is 4.98 Å². The maximum absolute atomic E-state index is 5.74. The molecule has 0 radical (unpaired) electrons. The molecule has 19 heavy (non-hydrogen) atoms. The van der Waals surface area contributed by atoms with Gasteiger partial charge in [0.2, 0.25) is 0 Å². The van der Waals surface area contributed by atoms with Gasteiger partial charge >= 0.3 is 0 Å². The Morgan fingerprint density at radius 2 is 1.89 bits per heavy atom. The first-order chi connectivity index (χ1) is 9.19. The summed E-state index contributed by atoms with van der Waals surface area (Å²) in [6.07, 6.45) is 3.71. The summed E-state index contributed by atoms with van der Waals surface area (Å²) in [5.41, 5.74) is 10.7. The van der Waals surface area contributed by atoms with Crippen LogP contribution < -0.4 is 10.6 Å². The van der Waals surface area contributed by atoms with Gasteiger partial charge in [-0.15, -0.1) is 0 Å².